The number of hydrogen-bond acceptors (Lipinski definition) is 5. The standard InChI is InChI=1S/C19H18F3N3OS/c1-25(2)12-14-10-9-13-5-3-8-17(18(13)23-14)24-27-16-7-4-6-15(11-16)26-19(20,21)22/h3-11,24H,12H2,1-2H3. The molecule has 1 N–H and O–H groups in total. The van der Waals surface area contributed by atoms with Crippen LogP contribution in [0.2, 0.25) is 0 Å². The number of halogens is 3. The molecule has 0 radical (unpaired) electrons. The van der Waals surface area contributed by atoms with Crippen molar-refractivity contribution in [2.75, 3.05) is 18.8 Å². The normalized spacial score (nSPS) is 11.8. The van der Waals surface area contributed by atoms with Gasteiger partial charge in [0.25, 0.3) is 0 Å². The maximum atomic E-state index is 12.4. The lowest BCUT2D eigenvalue weighted by Crippen LogP contribution is -2.17. The van der Waals surface area contributed by atoms with Crippen molar-refractivity contribution in [3.63, 3.8) is 0 Å². The molecule has 142 valence electrons. The number of benzene rings is 2. The van der Waals surface area contributed by atoms with Gasteiger partial charge in [-0.2, -0.15) is 0 Å². The quantitative estimate of drug-likeness (QED) is 0.574. The highest BCUT2D eigenvalue weighted by molar-refractivity contribution is 8.00. The second-order valence-electron chi connectivity index (χ2n) is 6.14. The Bertz CT molecular complexity index is 931. The molecule has 3 aromatic rings. The minimum atomic E-state index is -4.71. The number of nitrogens with zero attached hydrogens (tertiary/aromatic N) is 2. The van der Waals surface area contributed by atoms with Gasteiger partial charge in [-0.1, -0.05) is 24.3 Å². The zero-order valence-electron chi connectivity index (χ0n) is 14.7. The number of alkyl halides is 3. The van der Waals surface area contributed by atoms with E-state index in [4.69, 9.17) is 4.98 Å². The number of para-hydroxylation sites is 1. The molecule has 2 aromatic carbocycles. The van der Waals surface area contributed by atoms with Gasteiger partial charge in [0.1, 0.15) is 5.75 Å². The number of hydrogen-bond donors (Lipinski definition) is 1. The van der Waals surface area contributed by atoms with E-state index in [1.165, 1.54) is 30.1 Å². The van der Waals surface area contributed by atoms with Crippen LogP contribution >= 0.6 is 11.9 Å². The molecule has 1 aromatic heterocycles. The van der Waals surface area contributed by atoms with Gasteiger partial charge in [-0.05, 0) is 56.4 Å². The Morgan fingerprint density at radius 1 is 1.07 bits per heavy atom. The molecule has 4 nitrogen and oxygen atoms in total. The molecule has 1 heterocycles. The van der Waals surface area contributed by atoms with Gasteiger partial charge < -0.3 is 14.4 Å². The Balaban J connectivity index is 1.79. The fraction of sp³-hybridized carbons (Fsp3) is 0.211. The van der Waals surface area contributed by atoms with Crippen molar-refractivity contribution in [3.8, 4) is 5.75 Å². The maximum absolute atomic E-state index is 12.4. The van der Waals surface area contributed by atoms with Gasteiger partial charge in [0.2, 0.25) is 0 Å². The molecule has 0 bridgehead atoms. The molecule has 8 heteroatoms. The fourth-order valence-corrected chi connectivity index (χ4v) is 3.24. The van der Waals surface area contributed by atoms with Crippen molar-refractivity contribution in [1.29, 1.82) is 0 Å². The minimum absolute atomic E-state index is 0.251. The molecule has 0 aliphatic heterocycles. The SMILES string of the molecule is CN(C)Cc1ccc2cccc(NSc3cccc(OC(F)(F)F)c3)c2n1. The summed E-state index contributed by atoms with van der Waals surface area (Å²) in [5, 5.41) is 0.984. The van der Waals surface area contributed by atoms with Crippen LogP contribution < -0.4 is 9.46 Å². The maximum Gasteiger partial charge on any atom is 0.573 e. The van der Waals surface area contributed by atoms with Crippen LogP contribution in [0.25, 0.3) is 10.9 Å². The van der Waals surface area contributed by atoms with E-state index < -0.39 is 6.36 Å². The molecule has 3 rings (SSSR count). The van der Waals surface area contributed by atoms with Crippen LogP contribution in [0.3, 0.4) is 0 Å². The third kappa shape index (κ3) is 5.51. The zero-order valence-corrected chi connectivity index (χ0v) is 15.6. The Labute approximate surface area is 159 Å². The van der Waals surface area contributed by atoms with Gasteiger partial charge >= 0.3 is 6.36 Å². The lowest BCUT2D eigenvalue weighted by molar-refractivity contribution is -0.274. The predicted octanol–water partition coefficient (Wildman–Crippen LogP) is 5.31. The molecule has 0 fully saturated rings. The smallest absolute Gasteiger partial charge is 0.406 e. The first kappa shape index (κ1) is 19.3. The third-order valence-electron chi connectivity index (χ3n) is 3.57. The number of aromatic nitrogens is 1. The third-order valence-corrected chi connectivity index (χ3v) is 4.39. The number of nitrogens with one attached hydrogen (secondary N) is 1. The Morgan fingerprint density at radius 3 is 2.59 bits per heavy atom. The summed E-state index contributed by atoms with van der Waals surface area (Å²) >= 11 is 1.20. The predicted molar refractivity (Wildman–Crippen MR) is 102 cm³/mol. The second kappa shape index (κ2) is 8.06. The summed E-state index contributed by atoms with van der Waals surface area (Å²) in [6, 6.07) is 15.6. The van der Waals surface area contributed by atoms with Gasteiger partial charge in [0.05, 0.1) is 16.9 Å². The summed E-state index contributed by atoms with van der Waals surface area (Å²) < 4.78 is 44.2. The number of pyridine rings is 1. The van der Waals surface area contributed by atoms with E-state index in [1.807, 2.05) is 49.3 Å². The van der Waals surface area contributed by atoms with Crippen LogP contribution in [0, 0.1) is 0 Å². The molecule has 0 aliphatic rings. The topological polar surface area (TPSA) is 37.4 Å². The molecular formula is C19H18F3N3OS. The molecular weight excluding hydrogens is 375 g/mol. The highest BCUT2D eigenvalue weighted by atomic mass is 32.2. The van der Waals surface area contributed by atoms with Gasteiger partial charge in [-0.15, -0.1) is 13.2 Å². The van der Waals surface area contributed by atoms with Gasteiger partial charge in [-0.25, -0.2) is 4.98 Å². The first-order chi connectivity index (χ1) is 12.8. The Morgan fingerprint density at radius 2 is 1.85 bits per heavy atom. The summed E-state index contributed by atoms with van der Waals surface area (Å²) in [4.78, 5) is 7.33. The fourth-order valence-electron chi connectivity index (χ4n) is 2.53. The van der Waals surface area contributed by atoms with E-state index in [0.717, 1.165) is 22.3 Å². The molecule has 0 amide bonds. The van der Waals surface area contributed by atoms with E-state index in [2.05, 4.69) is 9.46 Å². The van der Waals surface area contributed by atoms with Crippen LogP contribution in [-0.4, -0.2) is 30.3 Å². The first-order valence-electron chi connectivity index (χ1n) is 8.12. The number of anilines is 1. The molecule has 0 saturated carbocycles. The molecule has 27 heavy (non-hydrogen) atoms. The van der Waals surface area contributed by atoms with Crippen LogP contribution in [0.15, 0.2) is 59.5 Å². The largest absolute Gasteiger partial charge is 0.573 e. The Hall–Kier alpha value is -2.45. The zero-order chi connectivity index (χ0) is 19.4. The van der Waals surface area contributed by atoms with E-state index in [1.54, 1.807) is 6.07 Å². The summed E-state index contributed by atoms with van der Waals surface area (Å²) in [6.07, 6.45) is -4.71. The van der Waals surface area contributed by atoms with Crippen molar-refractivity contribution < 1.29 is 17.9 Å². The Kier molecular flexibility index (Phi) is 5.76. The molecule has 0 unspecified atom stereocenters. The lowest BCUT2D eigenvalue weighted by Gasteiger charge is -2.13. The minimum Gasteiger partial charge on any atom is -0.406 e. The summed E-state index contributed by atoms with van der Waals surface area (Å²) in [5.41, 5.74) is 2.54. The molecule has 0 atom stereocenters. The average Bonchev–Trinajstić information content (AvgIpc) is 2.58. The van der Waals surface area contributed by atoms with Crippen LogP contribution in [0.5, 0.6) is 5.75 Å². The van der Waals surface area contributed by atoms with Crippen molar-refractivity contribution in [2.24, 2.45) is 0 Å². The lowest BCUT2D eigenvalue weighted by atomic mass is 10.2. The molecule has 0 spiro atoms. The summed E-state index contributed by atoms with van der Waals surface area (Å²) in [7, 11) is 3.95. The number of fused-ring (bicyclic) bond motifs is 1. The summed E-state index contributed by atoms with van der Waals surface area (Å²) in [5.74, 6) is -0.251. The highest BCUT2D eigenvalue weighted by Crippen LogP contribution is 2.30. The van der Waals surface area contributed by atoms with Crippen molar-refractivity contribution >= 4 is 28.5 Å². The van der Waals surface area contributed by atoms with E-state index in [-0.39, 0.29) is 5.75 Å². The highest BCUT2D eigenvalue weighted by Gasteiger charge is 2.31. The van der Waals surface area contributed by atoms with E-state index in [9.17, 15) is 13.2 Å². The van der Waals surface area contributed by atoms with E-state index >= 15 is 0 Å². The average molecular weight is 393 g/mol. The van der Waals surface area contributed by atoms with Crippen LogP contribution in [0.4, 0.5) is 18.9 Å². The van der Waals surface area contributed by atoms with Crippen molar-refractivity contribution in [2.45, 2.75) is 17.8 Å². The second-order valence-corrected chi connectivity index (χ2v) is 7.02. The van der Waals surface area contributed by atoms with E-state index in [0.29, 0.717) is 11.4 Å². The van der Waals surface area contributed by atoms with Crippen LogP contribution in [-0.2, 0) is 6.54 Å². The molecule has 0 saturated heterocycles. The van der Waals surface area contributed by atoms with Crippen molar-refractivity contribution in [3.05, 3.63) is 60.3 Å². The van der Waals surface area contributed by atoms with Gasteiger partial charge in [-0.3, -0.25) is 0 Å². The van der Waals surface area contributed by atoms with Crippen LogP contribution in [0.1, 0.15) is 5.69 Å². The number of rotatable bonds is 6. The number of ether oxygens (including phenoxy) is 1. The summed E-state index contributed by atoms with van der Waals surface area (Å²) in [6.45, 7) is 0.717. The first-order valence-corrected chi connectivity index (χ1v) is 8.94. The van der Waals surface area contributed by atoms with Gasteiger partial charge in [0.15, 0.2) is 0 Å². The van der Waals surface area contributed by atoms with Crippen molar-refractivity contribution in [1.82, 2.24) is 9.88 Å². The van der Waals surface area contributed by atoms with Gasteiger partial charge in [0, 0.05) is 16.8 Å². The molecule has 0 aliphatic carbocycles. The monoisotopic (exact) mass is 393 g/mol.